The van der Waals surface area contributed by atoms with Gasteiger partial charge in [-0.15, -0.1) is 0 Å². The topological polar surface area (TPSA) is 82.5 Å². The Morgan fingerprint density at radius 2 is 2.24 bits per heavy atom. The highest BCUT2D eigenvalue weighted by Gasteiger charge is 2.40. The molecule has 2 N–H and O–H groups in total. The average molecular weight is 303 g/mol. The van der Waals surface area contributed by atoms with Crippen molar-refractivity contribution in [1.82, 2.24) is 10.3 Å². The number of nitrogens with zero attached hydrogens (tertiary/aromatic N) is 2. The van der Waals surface area contributed by atoms with Crippen LogP contribution in [0, 0.1) is 0 Å². The summed E-state index contributed by atoms with van der Waals surface area (Å²) >= 11 is 0. The fraction of sp³-hybridized carbons (Fsp3) is 0.417. The average Bonchev–Trinajstić information content (AvgIpc) is 2.40. The van der Waals surface area contributed by atoms with Gasteiger partial charge in [-0.1, -0.05) is 0 Å². The molecule has 2 heterocycles. The molecule has 0 spiro atoms. The molecule has 21 heavy (non-hydrogen) atoms. The van der Waals surface area contributed by atoms with Gasteiger partial charge >= 0.3 is 12.1 Å². The molecule has 1 atom stereocenters. The van der Waals surface area contributed by atoms with E-state index in [9.17, 15) is 22.8 Å². The lowest BCUT2D eigenvalue weighted by Crippen LogP contribution is -2.56. The zero-order valence-corrected chi connectivity index (χ0v) is 10.7. The highest BCUT2D eigenvalue weighted by Crippen LogP contribution is 2.36. The summed E-state index contributed by atoms with van der Waals surface area (Å²) in [4.78, 5) is 27.4. The van der Waals surface area contributed by atoms with Crippen LogP contribution in [0.2, 0.25) is 0 Å². The lowest BCUT2D eigenvalue weighted by Gasteiger charge is -2.36. The number of aromatic nitrogens is 1. The van der Waals surface area contributed by atoms with Crippen LogP contribution in [-0.2, 0) is 15.8 Å². The minimum absolute atomic E-state index is 0.0593. The molecule has 1 aromatic heterocycles. The molecular formula is C12H12F3N3O3. The third kappa shape index (κ3) is 3.23. The van der Waals surface area contributed by atoms with Crippen LogP contribution < -0.4 is 10.2 Å². The van der Waals surface area contributed by atoms with E-state index in [1.165, 1.54) is 6.20 Å². The summed E-state index contributed by atoms with van der Waals surface area (Å²) in [5, 5.41) is 11.3. The minimum atomic E-state index is -4.63. The first-order valence-corrected chi connectivity index (χ1v) is 6.09. The molecule has 0 aliphatic carbocycles. The van der Waals surface area contributed by atoms with Crippen LogP contribution in [0.3, 0.4) is 0 Å². The highest BCUT2D eigenvalue weighted by molar-refractivity contribution is 5.90. The van der Waals surface area contributed by atoms with Gasteiger partial charge in [0.2, 0.25) is 5.91 Å². The second kappa shape index (κ2) is 5.58. The molecule has 0 radical (unpaired) electrons. The van der Waals surface area contributed by atoms with Crippen LogP contribution in [0.4, 0.5) is 19.0 Å². The Bertz CT molecular complexity index is 562. The Morgan fingerprint density at radius 3 is 2.86 bits per heavy atom. The van der Waals surface area contributed by atoms with Crippen LogP contribution >= 0.6 is 0 Å². The molecule has 1 saturated heterocycles. The van der Waals surface area contributed by atoms with E-state index in [4.69, 9.17) is 5.11 Å². The predicted octanol–water partition coefficient (Wildman–Crippen LogP) is 0.880. The number of alkyl halides is 3. The number of piperazine rings is 1. The fourth-order valence-electron chi connectivity index (χ4n) is 2.18. The first kappa shape index (κ1) is 15.1. The number of carboxylic acids is 1. The van der Waals surface area contributed by atoms with Gasteiger partial charge < -0.3 is 15.3 Å². The van der Waals surface area contributed by atoms with Crippen molar-refractivity contribution >= 4 is 17.7 Å². The van der Waals surface area contributed by atoms with Crippen molar-refractivity contribution in [3.8, 4) is 0 Å². The number of carbonyl (C=O) groups is 2. The number of hydrogen-bond donors (Lipinski definition) is 2. The summed E-state index contributed by atoms with van der Waals surface area (Å²) in [5.74, 6) is -2.32. The summed E-state index contributed by atoms with van der Waals surface area (Å²) in [7, 11) is 0. The van der Waals surface area contributed by atoms with Crippen molar-refractivity contribution in [3.05, 3.63) is 23.9 Å². The molecule has 1 aliphatic rings. The third-order valence-electron chi connectivity index (χ3n) is 3.06. The molecule has 2 rings (SSSR count). The first-order chi connectivity index (χ1) is 9.80. The van der Waals surface area contributed by atoms with Crippen LogP contribution in [-0.4, -0.2) is 41.1 Å². The fourth-order valence-corrected chi connectivity index (χ4v) is 2.18. The number of carbonyl (C=O) groups excluding carboxylic acids is 1. The molecule has 9 heteroatoms. The molecule has 0 aromatic carbocycles. The van der Waals surface area contributed by atoms with Gasteiger partial charge in [0.15, 0.2) is 0 Å². The maximum atomic E-state index is 13.0. The van der Waals surface area contributed by atoms with E-state index in [-0.39, 0.29) is 13.1 Å². The van der Waals surface area contributed by atoms with Gasteiger partial charge in [-0.2, -0.15) is 13.2 Å². The number of amides is 1. The Balaban J connectivity index is 2.43. The van der Waals surface area contributed by atoms with Crippen LogP contribution in [0.5, 0.6) is 0 Å². The monoisotopic (exact) mass is 303 g/mol. The molecule has 1 aromatic rings. The van der Waals surface area contributed by atoms with E-state index in [0.717, 1.165) is 17.0 Å². The van der Waals surface area contributed by atoms with Crippen molar-refractivity contribution < 1.29 is 27.9 Å². The summed E-state index contributed by atoms with van der Waals surface area (Å²) < 4.78 is 39.0. The zero-order valence-electron chi connectivity index (χ0n) is 10.7. The number of nitrogens with one attached hydrogen (secondary N) is 1. The first-order valence-electron chi connectivity index (χ1n) is 6.09. The lowest BCUT2D eigenvalue weighted by atomic mass is 10.1. The van der Waals surface area contributed by atoms with Gasteiger partial charge in [0.25, 0.3) is 0 Å². The van der Waals surface area contributed by atoms with Crippen LogP contribution in [0.1, 0.15) is 12.0 Å². The van der Waals surface area contributed by atoms with Crippen LogP contribution in [0.15, 0.2) is 18.3 Å². The van der Waals surface area contributed by atoms with E-state index in [2.05, 4.69) is 10.3 Å². The molecule has 1 fully saturated rings. The number of rotatable bonds is 3. The summed E-state index contributed by atoms with van der Waals surface area (Å²) in [6, 6.07) is 0.780. The van der Waals surface area contributed by atoms with Gasteiger partial charge in [0, 0.05) is 19.3 Å². The number of pyridine rings is 1. The van der Waals surface area contributed by atoms with Gasteiger partial charge in [0.05, 0.1) is 12.0 Å². The molecule has 1 aliphatic heterocycles. The Hall–Kier alpha value is -2.32. The number of aliphatic carboxylic acids is 1. The van der Waals surface area contributed by atoms with Gasteiger partial charge in [-0.25, -0.2) is 4.98 Å². The predicted molar refractivity (Wildman–Crippen MR) is 65.6 cm³/mol. The van der Waals surface area contributed by atoms with E-state index in [1.54, 1.807) is 0 Å². The van der Waals surface area contributed by atoms with Gasteiger partial charge in [0.1, 0.15) is 11.9 Å². The molecule has 1 unspecified atom stereocenters. The molecule has 0 saturated carbocycles. The van der Waals surface area contributed by atoms with Crippen molar-refractivity contribution in [1.29, 1.82) is 0 Å². The normalized spacial score (nSPS) is 19.3. The molecule has 6 nitrogen and oxygen atoms in total. The molecule has 1 amide bonds. The van der Waals surface area contributed by atoms with Crippen molar-refractivity contribution in [2.24, 2.45) is 0 Å². The summed E-state index contributed by atoms with van der Waals surface area (Å²) in [5.41, 5.74) is -0.991. The molecule has 0 bridgehead atoms. The van der Waals surface area contributed by atoms with Crippen molar-refractivity contribution in [2.75, 3.05) is 18.0 Å². The number of halogens is 3. The quantitative estimate of drug-likeness (QED) is 0.866. The van der Waals surface area contributed by atoms with Crippen molar-refractivity contribution in [2.45, 2.75) is 18.6 Å². The van der Waals surface area contributed by atoms with E-state index >= 15 is 0 Å². The third-order valence-corrected chi connectivity index (χ3v) is 3.06. The lowest BCUT2D eigenvalue weighted by molar-refractivity contribution is -0.140. The highest BCUT2D eigenvalue weighted by atomic mass is 19.4. The molecular weight excluding hydrogens is 291 g/mol. The van der Waals surface area contributed by atoms with E-state index < -0.39 is 41.9 Å². The zero-order chi connectivity index (χ0) is 15.6. The SMILES string of the molecule is O=C(O)CC1C(=O)NCCN1c1ncccc1C(F)(F)F. The van der Waals surface area contributed by atoms with E-state index in [0.29, 0.717) is 0 Å². The maximum absolute atomic E-state index is 13.0. The minimum Gasteiger partial charge on any atom is -0.481 e. The summed E-state index contributed by atoms with van der Waals surface area (Å²) in [6.45, 7) is 0.187. The Kier molecular flexibility index (Phi) is 4.01. The number of carboxylic acid groups (broad SMARTS) is 1. The molecule has 114 valence electrons. The second-order valence-electron chi connectivity index (χ2n) is 4.47. The van der Waals surface area contributed by atoms with E-state index in [1.807, 2.05) is 0 Å². The Labute approximate surface area is 117 Å². The number of hydrogen-bond acceptors (Lipinski definition) is 4. The second-order valence-corrected chi connectivity index (χ2v) is 4.47. The van der Waals surface area contributed by atoms with Crippen LogP contribution in [0.25, 0.3) is 0 Å². The maximum Gasteiger partial charge on any atom is 0.419 e. The summed E-state index contributed by atoms with van der Waals surface area (Å²) in [6.07, 6.45) is -4.06. The Morgan fingerprint density at radius 1 is 1.52 bits per heavy atom. The number of anilines is 1. The van der Waals surface area contributed by atoms with Gasteiger partial charge in [-0.3, -0.25) is 9.59 Å². The van der Waals surface area contributed by atoms with Crippen molar-refractivity contribution in [3.63, 3.8) is 0 Å². The standard InChI is InChI=1S/C12H12F3N3O3/c13-12(14,15)7-2-1-3-16-10(7)18-5-4-17-11(21)8(18)6-9(19)20/h1-3,8H,4-6H2,(H,17,21)(H,19,20). The smallest absolute Gasteiger partial charge is 0.419 e. The largest absolute Gasteiger partial charge is 0.481 e. The van der Waals surface area contributed by atoms with Gasteiger partial charge in [-0.05, 0) is 12.1 Å².